The van der Waals surface area contributed by atoms with Crippen molar-refractivity contribution in [3.8, 4) is 5.69 Å². The summed E-state index contributed by atoms with van der Waals surface area (Å²) in [6.45, 7) is 1.98. The first kappa shape index (κ1) is 15.6. The molecule has 0 saturated heterocycles. The van der Waals surface area contributed by atoms with Crippen molar-refractivity contribution in [2.75, 3.05) is 11.9 Å². The van der Waals surface area contributed by atoms with E-state index in [-0.39, 0.29) is 11.7 Å². The first-order valence-electron chi connectivity index (χ1n) is 7.35. The molecule has 1 aromatic carbocycles. The smallest absolute Gasteiger partial charge is 0.311 e. The molecule has 0 bridgehead atoms. The fourth-order valence-electron chi connectivity index (χ4n) is 2.46. The van der Waals surface area contributed by atoms with Crippen LogP contribution >= 0.6 is 0 Å². The lowest BCUT2D eigenvalue weighted by molar-refractivity contribution is -0.384. The molecule has 0 amide bonds. The number of nitrogens with zero attached hydrogens (tertiary/aromatic N) is 6. The Balaban J connectivity index is 1.86. The van der Waals surface area contributed by atoms with Gasteiger partial charge < -0.3 is 4.90 Å². The van der Waals surface area contributed by atoms with E-state index >= 15 is 0 Å². The van der Waals surface area contributed by atoms with E-state index in [4.69, 9.17) is 0 Å². The molecule has 1 unspecified atom stereocenters. The summed E-state index contributed by atoms with van der Waals surface area (Å²) in [6, 6.07) is 10.7. The summed E-state index contributed by atoms with van der Waals surface area (Å²) in [4.78, 5) is 20.6. The van der Waals surface area contributed by atoms with Crippen LogP contribution in [0.25, 0.3) is 5.69 Å². The monoisotopic (exact) mass is 324 g/mol. The van der Waals surface area contributed by atoms with Crippen molar-refractivity contribution in [1.82, 2.24) is 19.7 Å². The van der Waals surface area contributed by atoms with Crippen molar-refractivity contribution >= 4 is 11.5 Å². The Morgan fingerprint density at radius 2 is 2.00 bits per heavy atom. The molecule has 0 aliphatic heterocycles. The Morgan fingerprint density at radius 3 is 2.62 bits per heavy atom. The number of rotatable bonds is 5. The number of pyridine rings is 1. The third kappa shape index (κ3) is 2.94. The highest BCUT2D eigenvalue weighted by atomic mass is 16.6. The number of benzene rings is 1. The van der Waals surface area contributed by atoms with Gasteiger partial charge in [-0.1, -0.05) is 12.1 Å². The summed E-state index contributed by atoms with van der Waals surface area (Å²) in [6.07, 6.45) is 4.66. The van der Waals surface area contributed by atoms with Gasteiger partial charge in [0.1, 0.15) is 12.7 Å². The fraction of sp³-hybridized carbons (Fsp3) is 0.188. The lowest BCUT2D eigenvalue weighted by Crippen LogP contribution is -2.23. The normalized spacial score (nSPS) is 11.9. The van der Waals surface area contributed by atoms with Crippen LogP contribution in [0.2, 0.25) is 0 Å². The predicted molar refractivity (Wildman–Crippen MR) is 89.1 cm³/mol. The van der Waals surface area contributed by atoms with E-state index in [1.165, 1.54) is 12.4 Å². The maximum Gasteiger partial charge on any atom is 0.311 e. The Morgan fingerprint density at radius 1 is 1.25 bits per heavy atom. The van der Waals surface area contributed by atoms with Crippen LogP contribution in [0, 0.1) is 10.1 Å². The molecule has 1 atom stereocenters. The van der Waals surface area contributed by atoms with Gasteiger partial charge in [-0.3, -0.25) is 10.1 Å². The second kappa shape index (κ2) is 6.45. The van der Waals surface area contributed by atoms with E-state index in [1.807, 2.05) is 31.2 Å². The first-order chi connectivity index (χ1) is 11.6. The van der Waals surface area contributed by atoms with E-state index in [0.29, 0.717) is 5.82 Å². The second-order valence-corrected chi connectivity index (χ2v) is 5.32. The molecule has 8 nitrogen and oxygen atoms in total. The van der Waals surface area contributed by atoms with Crippen LogP contribution in [-0.4, -0.2) is 31.7 Å². The van der Waals surface area contributed by atoms with Gasteiger partial charge in [0.25, 0.3) is 0 Å². The summed E-state index contributed by atoms with van der Waals surface area (Å²) < 4.78 is 1.67. The summed E-state index contributed by atoms with van der Waals surface area (Å²) in [5.74, 6) is 0.343. The Labute approximate surface area is 138 Å². The third-order valence-electron chi connectivity index (χ3n) is 3.94. The van der Waals surface area contributed by atoms with E-state index in [0.717, 1.165) is 11.3 Å². The molecule has 122 valence electrons. The van der Waals surface area contributed by atoms with Gasteiger partial charge in [0.05, 0.1) is 16.7 Å². The van der Waals surface area contributed by atoms with E-state index in [1.54, 1.807) is 35.2 Å². The molecule has 2 aromatic heterocycles. The van der Waals surface area contributed by atoms with Crippen LogP contribution in [0.1, 0.15) is 18.5 Å². The number of aromatic nitrogens is 4. The highest BCUT2D eigenvalue weighted by molar-refractivity contribution is 5.58. The Bertz CT molecular complexity index is 832. The van der Waals surface area contributed by atoms with Crippen molar-refractivity contribution in [2.45, 2.75) is 13.0 Å². The third-order valence-corrected chi connectivity index (χ3v) is 3.94. The van der Waals surface area contributed by atoms with Gasteiger partial charge >= 0.3 is 5.69 Å². The maximum atomic E-state index is 11.2. The Kier molecular flexibility index (Phi) is 4.19. The molecular formula is C16H16N6O2. The summed E-state index contributed by atoms with van der Waals surface area (Å²) >= 11 is 0. The first-order valence-corrected chi connectivity index (χ1v) is 7.35. The highest BCUT2D eigenvalue weighted by Gasteiger charge is 2.22. The minimum atomic E-state index is -0.417. The molecule has 0 fully saturated rings. The Hall–Kier alpha value is -3.29. The quantitative estimate of drug-likeness (QED) is 0.529. The SMILES string of the molecule is CC(c1ccc(-n2cncn2)cc1)N(C)c1ncccc1[N+](=O)[O-]. The largest absolute Gasteiger partial charge is 0.347 e. The minimum absolute atomic E-state index is 0.00825. The standard InChI is InChI=1S/C16H16N6O2/c1-12(20(2)16-15(22(23)24)4-3-9-18-16)13-5-7-14(8-6-13)21-11-17-10-19-21/h3-12H,1-2H3. The number of anilines is 1. The fourth-order valence-corrected chi connectivity index (χ4v) is 2.46. The zero-order valence-corrected chi connectivity index (χ0v) is 13.3. The lowest BCUT2D eigenvalue weighted by atomic mass is 10.1. The van der Waals surface area contributed by atoms with Crippen LogP contribution in [0.4, 0.5) is 11.5 Å². The molecular weight excluding hydrogens is 308 g/mol. The zero-order valence-electron chi connectivity index (χ0n) is 13.3. The van der Waals surface area contributed by atoms with Crippen molar-refractivity contribution in [3.63, 3.8) is 0 Å². The second-order valence-electron chi connectivity index (χ2n) is 5.32. The summed E-state index contributed by atoms with van der Waals surface area (Å²) in [5.41, 5.74) is 1.90. The zero-order chi connectivity index (χ0) is 17.1. The molecule has 0 radical (unpaired) electrons. The molecule has 2 heterocycles. The average molecular weight is 324 g/mol. The maximum absolute atomic E-state index is 11.2. The average Bonchev–Trinajstić information content (AvgIpc) is 3.15. The van der Waals surface area contributed by atoms with Crippen LogP contribution in [0.5, 0.6) is 0 Å². The van der Waals surface area contributed by atoms with Gasteiger partial charge in [-0.15, -0.1) is 0 Å². The topological polar surface area (TPSA) is 90.0 Å². The van der Waals surface area contributed by atoms with Crippen molar-refractivity contribution in [2.24, 2.45) is 0 Å². The molecule has 0 aliphatic rings. The van der Waals surface area contributed by atoms with Gasteiger partial charge in [-0.25, -0.2) is 14.6 Å². The number of nitro groups is 1. The molecule has 24 heavy (non-hydrogen) atoms. The number of hydrogen-bond donors (Lipinski definition) is 0. The molecule has 0 aliphatic carbocycles. The van der Waals surface area contributed by atoms with Gasteiger partial charge in [0.2, 0.25) is 5.82 Å². The lowest BCUT2D eigenvalue weighted by Gasteiger charge is -2.26. The van der Waals surface area contributed by atoms with Crippen LogP contribution in [0.3, 0.4) is 0 Å². The van der Waals surface area contributed by atoms with E-state index < -0.39 is 4.92 Å². The molecule has 3 rings (SSSR count). The van der Waals surface area contributed by atoms with Crippen LogP contribution in [-0.2, 0) is 0 Å². The minimum Gasteiger partial charge on any atom is -0.347 e. The van der Waals surface area contributed by atoms with Crippen molar-refractivity contribution < 1.29 is 4.92 Å². The molecule has 3 aromatic rings. The van der Waals surface area contributed by atoms with Crippen molar-refractivity contribution in [3.05, 3.63) is 70.9 Å². The summed E-state index contributed by atoms with van der Waals surface area (Å²) in [5, 5.41) is 15.3. The molecule has 0 N–H and O–H groups in total. The molecule has 0 saturated carbocycles. The highest BCUT2D eigenvalue weighted by Crippen LogP contribution is 2.30. The van der Waals surface area contributed by atoms with E-state index in [9.17, 15) is 10.1 Å². The predicted octanol–water partition coefficient (Wildman–Crippen LogP) is 2.77. The van der Waals surface area contributed by atoms with E-state index in [2.05, 4.69) is 15.1 Å². The van der Waals surface area contributed by atoms with Crippen LogP contribution in [0.15, 0.2) is 55.2 Å². The number of hydrogen-bond acceptors (Lipinski definition) is 6. The van der Waals surface area contributed by atoms with Gasteiger partial charge in [0.15, 0.2) is 0 Å². The van der Waals surface area contributed by atoms with Gasteiger partial charge in [-0.05, 0) is 30.7 Å². The summed E-state index contributed by atoms with van der Waals surface area (Å²) in [7, 11) is 1.80. The molecule has 8 heteroatoms. The van der Waals surface area contributed by atoms with Gasteiger partial charge in [0, 0.05) is 19.3 Å². The van der Waals surface area contributed by atoms with Crippen LogP contribution < -0.4 is 4.90 Å². The van der Waals surface area contributed by atoms with Gasteiger partial charge in [-0.2, -0.15) is 5.10 Å². The molecule has 0 spiro atoms. The van der Waals surface area contributed by atoms with Crippen molar-refractivity contribution in [1.29, 1.82) is 0 Å².